The molecule has 0 spiro atoms. The summed E-state index contributed by atoms with van der Waals surface area (Å²) in [7, 11) is 0. The lowest BCUT2D eigenvalue weighted by atomic mass is 9.96. The minimum absolute atomic E-state index is 0.379. The molecule has 3 heteroatoms. The maximum Gasteiger partial charge on any atom is 0.169 e. The fourth-order valence-electron chi connectivity index (χ4n) is 3.06. The number of hydrogen-bond acceptors (Lipinski definition) is 3. The summed E-state index contributed by atoms with van der Waals surface area (Å²) in [5.41, 5.74) is 6.89. The number of fused-ring (bicyclic) bond motifs is 1. The van der Waals surface area contributed by atoms with Crippen molar-refractivity contribution in [2.75, 3.05) is 6.54 Å². The first-order valence-corrected chi connectivity index (χ1v) is 9.61. The molecule has 2 nitrogen and oxygen atoms in total. The van der Waals surface area contributed by atoms with Crippen LogP contribution in [0.4, 0.5) is 5.69 Å². The zero-order valence-corrected chi connectivity index (χ0v) is 16.8. The van der Waals surface area contributed by atoms with Crippen molar-refractivity contribution in [1.29, 1.82) is 0 Å². The molecule has 0 bridgehead atoms. The zero-order valence-electron chi connectivity index (χ0n) is 16.0. The van der Waals surface area contributed by atoms with E-state index in [2.05, 4.69) is 77.0 Å². The molecule has 25 heavy (non-hydrogen) atoms. The highest BCUT2D eigenvalue weighted by Gasteiger charge is 2.26. The number of aliphatic imine (C=N–C) groups is 1. The van der Waals surface area contributed by atoms with Gasteiger partial charge in [0.25, 0.3) is 0 Å². The molecule has 1 atom stereocenters. The second kappa shape index (κ2) is 8.39. The number of benzene rings is 1. The van der Waals surface area contributed by atoms with Crippen molar-refractivity contribution in [3.63, 3.8) is 0 Å². The standard InChI is InChI=1S/C22H28N2S/c1-8-12-16(7)25-22-23-20-14-18(10-3)17(9-2)13-19(20)21(15(5)6)24(22)11-4/h8-10,12-14,16H,2-3,11H2,1,4-7H3/b12-8+. The van der Waals surface area contributed by atoms with Gasteiger partial charge in [0.05, 0.1) is 11.4 Å². The van der Waals surface area contributed by atoms with Gasteiger partial charge < -0.3 is 4.90 Å². The minimum atomic E-state index is 0.379. The average molecular weight is 353 g/mol. The van der Waals surface area contributed by atoms with Crippen LogP contribution >= 0.6 is 11.8 Å². The number of amidine groups is 1. The third-order valence-electron chi connectivity index (χ3n) is 4.16. The van der Waals surface area contributed by atoms with Crippen LogP contribution in [0.5, 0.6) is 0 Å². The fourth-order valence-corrected chi connectivity index (χ4v) is 4.13. The van der Waals surface area contributed by atoms with Crippen molar-refractivity contribution in [2.45, 2.75) is 39.9 Å². The number of rotatable bonds is 5. The molecule has 1 aromatic carbocycles. The smallest absolute Gasteiger partial charge is 0.169 e. The van der Waals surface area contributed by atoms with E-state index >= 15 is 0 Å². The second-order valence-electron chi connectivity index (χ2n) is 6.24. The maximum atomic E-state index is 4.99. The van der Waals surface area contributed by atoms with Gasteiger partial charge in [-0.15, -0.1) is 0 Å². The first kappa shape index (κ1) is 19.3. The predicted octanol–water partition coefficient (Wildman–Crippen LogP) is 6.74. The van der Waals surface area contributed by atoms with Gasteiger partial charge >= 0.3 is 0 Å². The molecule has 0 saturated heterocycles. The number of thioether (sulfide) groups is 1. The van der Waals surface area contributed by atoms with E-state index in [1.165, 1.54) is 16.8 Å². The Morgan fingerprint density at radius 1 is 1.24 bits per heavy atom. The van der Waals surface area contributed by atoms with Crippen LogP contribution in [-0.4, -0.2) is 21.9 Å². The Bertz CT molecular complexity index is 764. The maximum absolute atomic E-state index is 4.99. The summed E-state index contributed by atoms with van der Waals surface area (Å²) in [6, 6.07) is 4.31. The van der Waals surface area contributed by atoms with Crippen LogP contribution in [0.3, 0.4) is 0 Å². The van der Waals surface area contributed by atoms with Crippen LogP contribution in [-0.2, 0) is 0 Å². The topological polar surface area (TPSA) is 15.6 Å². The quantitative estimate of drug-likeness (QED) is 0.545. The Labute approximate surface area is 156 Å². The van der Waals surface area contributed by atoms with Crippen molar-refractivity contribution in [3.8, 4) is 0 Å². The molecule has 0 aromatic heterocycles. The monoisotopic (exact) mass is 352 g/mol. The van der Waals surface area contributed by atoms with E-state index in [1.807, 2.05) is 12.2 Å². The molecule has 2 rings (SSSR count). The van der Waals surface area contributed by atoms with Crippen molar-refractivity contribution >= 4 is 40.5 Å². The van der Waals surface area contributed by atoms with Gasteiger partial charge in [-0.2, -0.15) is 0 Å². The van der Waals surface area contributed by atoms with Crippen molar-refractivity contribution in [2.24, 2.45) is 4.99 Å². The Kier molecular flexibility index (Phi) is 6.49. The summed E-state index contributed by atoms with van der Waals surface area (Å²) >= 11 is 1.79. The molecule has 1 heterocycles. The van der Waals surface area contributed by atoms with Crippen LogP contribution in [0.1, 0.15) is 51.3 Å². The minimum Gasteiger partial charge on any atom is -0.321 e. The van der Waals surface area contributed by atoms with E-state index < -0.39 is 0 Å². The fraction of sp³-hybridized carbons (Fsp3) is 0.318. The van der Waals surface area contributed by atoms with Gasteiger partial charge in [-0.1, -0.05) is 54.8 Å². The Balaban J connectivity index is 2.68. The molecule has 1 aliphatic heterocycles. The number of hydrogen-bond donors (Lipinski definition) is 0. The summed E-state index contributed by atoms with van der Waals surface area (Å²) in [6.07, 6.45) is 8.06. The first-order valence-electron chi connectivity index (χ1n) is 8.73. The van der Waals surface area contributed by atoms with Gasteiger partial charge in [0, 0.05) is 17.4 Å². The van der Waals surface area contributed by atoms with E-state index in [0.29, 0.717) is 5.25 Å². The summed E-state index contributed by atoms with van der Waals surface area (Å²) in [5.74, 6) is 0. The molecule has 0 saturated carbocycles. The molecule has 1 aliphatic rings. The molecule has 0 N–H and O–H groups in total. The van der Waals surface area contributed by atoms with Crippen LogP contribution in [0.15, 0.2) is 48.0 Å². The molecular weight excluding hydrogens is 324 g/mol. The highest BCUT2D eigenvalue weighted by atomic mass is 32.2. The Morgan fingerprint density at radius 3 is 2.40 bits per heavy atom. The van der Waals surface area contributed by atoms with Crippen molar-refractivity contribution < 1.29 is 0 Å². The SMILES string of the molecule is C=Cc1cc2c(cc1C=C)C(=C(C)C)N(CC)C(SC(C)/C=C/C)=N2. The van der Waals surface area contributed by atoms with Gasteiger partial charge in [-0.05, 0) is 57.9 Å². The molecule has 0 radical (unpaired) electrons. The van der Waals surface area contributed by atoms with Crippen LogP contribution < -0.4 is 0 Å². The van der Waals surface area contributed by atoms with E-state index in [9.17, 15) is 0 Å². The van der Waals surface area contributed by atoms with E-state index in [0.717, 1.165) is 28.5 Å². The third kappa shape index (κ3) is 3.98. The van der Waals surface area contributed by atoms with Crippen molar-refractivity contribution in [1.82, 2.24) is 4.90 Å². The summed E-state index contributed by atoms with van der Waals surface area (Å²) in [6.45, 7) is 19.5. The van der Waals surface area contributed by atoms with E-state index in [4.69, 9.17) is 4.99 Å². The number of allylic oxidation sites excluding steroid dienone is 2. The Morgan fingerprint density at radius 2 is 1.88 bits per heavy atom. The molecule has 0 amide bonds. The summed E-state index contributed by atoms with van der Waals surface area (Å²) < 4.78 is 0. The predicted molar refractivity (Wildman–Crippen MR) is 116 cm³/mol. The zero-order chi connectivity index (χ0) is 18.6. The van der Waals surface area contributed by atoms with Gasteiger partial charge in [-0.3, -0.25) is 0 Å². The summed E-state index contributed by atoms with van der Waals surface area (Å²) in [5, 5.41) is 1.43. The Hall–Kier alpha value is -2.00. The van der Waals surface area contributed by atoms with Gasteiger partial charge in [0.15, 0.2) is 5.17 Å². The van der Waals surface area contributed by atoms with Crippen LogP contribution in [0.25, 0.3) is 17.8 Å². The number of nitrogens with zero attached hydrogens (tertiary/aromatic N) is 2. The van der Waals surface area contributed by atoms with Gasteiger partial charge in [-0.25, -0.2) is 4.99 Å². The van der Waals surface area contributed by atoms with Crippen LogP contribution in [0.2, 0.25) is 0 Å². The highest BCUT2D eigenvalue weighted by molar-refractivity contribution is 8.14. The van der Waals surface area contributed by atoms with Crippen LogP contribution in [0, 0.1) is 0 Å². The second-order valence-corrected chi connectivity index (χ2v) is 7.59. The first-order chi connectivity index (χ1) is 12.0. The summed E-state index contributed by atoms with van der Waals surface area (Å²) in [4.78, 5) is 7.31. The normalized spacial score (nSPS) is 15.0. The average Bonchev–Trinajstić information content (AvgIpc) is 2.59. The lowest BCUT2D eigenvalue weighted by Gasteiger charge is -2.34. The molecule has 1 unspecified atom stereocenters. The highest BCUT2D eigenvalue weighted by Crippen LogP contribution is 2.41. The molecule has 0 fully saturated rings. The van der Waals surface area contributed by atoms with Gasteiger partial charge in [0.2, 0.25) is 0 Å². The van der Waals surface area contributed by atoms with Crippen molar-refractivity contribution in [3.05, 3.63) is 59.7 Å². The van der Waals surface area contributed by atoms with E-state index in [1.54, 1.807) is 11.8 Å². The van der Waals surface area contributed by atoms with E-state index in [-0.39, 0.29) is 0 Å². The molecule has 0 aliphatic carbocycles. The molecule has 132 valence electrons. The molecule has 1 aromatic rings. The lowest BCUT2D eigenvalue weighted by molar-refractivity contribution is 0.617. The third-order valence-corrected chi connectivity index (χ3v) is 5.21. The molecular formula is C22H28N2S. The van der Waals surface area contributed by atoms with Gasteiger partial charge in [0.1, 0.15) is 0 Å². The largest absolute Gasteiger partial charge is 0.321 e. The lowest BCUT2D eigenvalue weighted by Crippen LogP contribution is -2.31.